The average molecular weight is 1300 g/mol. The van der Waals surface area contributed by atoms with Gasteiger partial charge >= 0.3 is 12.1 Å². The number of methoxy groups -OCH3 is 2. The van der Waals surface area contributed by atoms with Gasteiger partial charge in [-0.1, -0.05) is 118 Å². The van der Waals surface area contributed by atoms with Crippen LogP contribution in [-0.4, -0.2) is 180 Å². The summed E-state index contributed by atoms with van der Waals surface area (Å²) in [5.74, 6) is -6.15. The zero-order valence-electron chi connectivity index (χ0n) is 56.5. The minimum Gasteiger partial charge on any atom is -0.445 e. The number of benzene rings is 2. The van der Waals surface area contributed by atoms with E-state index in [1.54, 1.807) is 96.7 Å². The fraction of sp³-hybridized carbons (Fsp3) is 0.627. The van der Waals surface area contributed by atoms with Crippen molar-refractivity contribution in [3.05, 3.63) is 77.9 Å². The number of urea groups is 1. The number of hydrogen-bond acceptors (Lipinski definition) is 15. The Balaban J connectivity index is 1.35. The Morgan fingerprint density at radius 3 is 1.91 bits per heavy atom. The Labute approximate surface area is 547 Å². The summed E-state index contributed by atoms with van der Waals surface area (Å²) in [6.07, 6.45) is 2.90. The lowest BCUT2D eigenvalue weighted by atomic mass is 9.90. The maximum absolute atomic E-state index is 14.4. The lowest BCUT2D eigenvalue weighted by molar-refractivity contribution is -0.143. The number of nitrogens with one attached hydrogen (secondary N) is 7. The van der Waals surface area contributed by atoms with Crippen LogP contribution in [0.1, 0.15) is 151 Å². The van der Waals surface area contributed by atoms with Gasteiger partial charge in [0.25, 0.3) is 11.8 Å². The van der Waals surface area contributed by atoms with Gasteiger partial charge < -0.3 is 67.2 Å². The topological polar surface area (TPSA) is 356 Å². The highest BCUT2D eigenvalue weighted by Gasteiger charge is 2.43. The zero-order chi connectivity index (χ0) is 69.2. The molecule has 1 fully saturated rings. The van der Waals surface area contributed by atoms with Crippen molar-refractivity contribution in [2.45, 2.75) is 201 Å². The lowest BCUT2D eigenvalue weighted by Crippen LogP contribution is -2.60. The second kappa shape index (κ2) is 38.3. The van der Waals surface area contributed by atoms with Crippen molar-refractivity contribution in [3.8, 4) is 0 Å². The Kier molecular flexibility index (Phi) is 31.9. The summed E-state index contributed by atoms with van der Waals surface area (Å²) in [4.78, 5) is 150. The molecular weight excluding hydrogens is 1200 g/mol. The van der Waals surface area contributed by atoms with E-state index in [-0.39, 0.29) is 80.8 Å². The van der Waals surface area contributed by atoms with E-state index in [4.69, 9.17) is 19.9 Å². The molecule has 2 aliphatic rings. The Morgan fingerprint density at radius 2 is 1.33 bits per heavy atom. The highest BCUT2D eigenvalue weighted by molar-refractivity contribution is 6.12. The summed E-state index contributed by atoms with van der Waals surface area (Å²) in [5, 5.41) is 30.6. The quantitative estimate of drug-likeness (QED) is 0.0324. The molecule has 93 heavy (non-hydrogen) atoms. The number of likely N-dealkylation sites (N-methyl/N-ethyl adjacent to an activating group) is 1. The van der Waals surface area contributed by atoms with Crippen LogP contribution in [-0.2, 0) is 64.0 Å². The molecule has 1 saturated heterocycles. The van der Waals surface area contributed by atoms with Crippen LogP contribution < -0.4 is 43.0 Å². The Hall–Kier alpha value is -7.97. The van der Waals surface area contributed by atoms with Crippen molar-refractivity contribution in [1.29, 1.82) is 0 Å². The van der Waals surface area contributed by atoms with E-state index >= 15 is 0 Å². The molecule has 0 aliphatic carbocycles. The number of hydrogen-bond donors (Lipinski definition) is 9. The molecule has 2 aromatic carbocycles. The van der Waals surface area contributed by atoms with Crippen molar-refractivity contribution in [1.82, 2.24) is 46.6 Å². The minimum atomic E-state index is -1.11. The maximum atomic E-state index is 14.4. The molecular formula is C67H103N11O15. The zero-order valence-corrected chi connectivity index (χ0v) is 56.5. The van der Waals surface area contributed by atoms with E-state index < -0.39 is 120 Å². The molecule has 12 atom stereocenters. The van der Waals surface area contributed by atoms with Gasteiger partial charge in [-0.3, -0.25) is 53.0 Å². The highest BCUT2D eigenvalue weighted by Crippen LogP contribution is 2.29. The number of nitrogens with zero attached hydrogens (tertiary/aromatic N) is 3. The van der Waals surface area contributed by atoms with Crippen LogP contribution in [0.2, 0.25) is 0 Å². The largest absolute Gasteiger partial charge is 0.445 e. The molecule has 2 heterocycles. The first-order valence-electron chi connectivity index (χ1n) is 32.5. The van der Waals surface area contributed by atoms with Gasteiger partial charge in [0.15, 0.2) is 0 Å². The number of unbranched alkanes of at least 4 members (excludes halogenated alkanes) is 2. The van der Waals surface area contributed by atoms with Crippen LogP contribution in [0.4, 0.5) is 15.3 Å². The van der Waals surface area contributed by atoms with Gasteiger partial charge in [-0.05, 0) is 92.4 Å². The number of imide groups is 1. The third-order valence-corrected chi connectivity index (χ3v) is 17.3. The minimum absolute atomic E-state index is 0.0839. The van der Waals surface area contributed by atoms with Crippen molar-refractivity contribution < 1.29 is 72.1 Å². The molecule has 0 radical (unpaired) electrons. The number of likely N-dealkylation sites (tertiary alicyclic amines) is 1. The number of primary amides is 1. The van der Waals surface area contributed by atoms with E-state index in [2.05, 4.69) is 37.2 Å². The number of amides is 12. The molecule has 10 N–H and O–H groups in total. The summed E-state index contributed by atoms with van der Waals surface area (Å²) in [5.41, 5.74) is 6.76. The summed E-state index contributed by atoms with van der Waals surface area (Å²) in [7, 11) is 4.41. The molecule has 516 valence electrons. The SMILES string of the molecule is CCC(C)C(NC(=O)C(NC(=O)C(C(C)C)N(C)C(=O)OCc1ccc(NC(=O)C(CCCNC(N)=O)NC(=O)C(NC(=O)CCCCCN2C(=O)C=CC2=O)C(C)C)cc1)C(C)C)C(CC(=O)N1CCCC1C(OC)C(C)C(=O)NC(C)C(O)c1ccccc1)OC. The molecule has 12 unspecified atom stereocenters. The number of ether oxygens (including phenoxy) is 3. The monoisotopic (exact) mass is 1300 g/mol. The Bertz CT molecular complexity index is 2840. The van der Waals surface area contributed by atoms with Crippen LogP contribution in [0.3, 0.4) is 0 Å². The van der Waals surface area contributed by atoms with Gasteiger partial charge in [0, 0.05) is 65.2 Å². The van der Waals surface area contributed by atoms with Gasteiger partial charge in [-0.15, -0.1) is 0 Å². The Morgan fingerprint density at radius 1 is 0.710 bits per heavy atom. The number of anilines is 1. The standard InChI is InChI=1S/C67H103N11O15/c1-14-42(8)57(50(91-12)37-54(82)77-36-22-26-49(77)60(92-13)43(9)61(84)70-44(10)59(83)46-23-17-15-18-24-46)75-64(87)56(40(4)5)74-65(88)58(41(6)7)76(11)67(90)93-38-45-28-30-47(31-29-45)71-62(85)48(25-21-34-69-66(68)89)72-63(86)55(39(2)3)73-51(79)27-19-16-20-35-78-52(80)32-33-53(78)81/h15,17-18,23-24,28-33,39-44,48-50,55-60,83H,14,16,19-22,25-27,34-38H2,1-13H3,(H,70,84)(H,71,85)(H,72,86)(H,73,79)(H,74,88)(H,75,87)(H3,68,69,89). The van der Waals surface area contributed by atoms with E-state index in [1.807, 2.05) is 32.0 Å². The van der Waals surface area contributed by atoms with Crippen LogP contribution in [0.15, 0.2) is 66.7 Å². The fourth-order valence-corrected chi connectivity index (χ4v) is 11.6. The second-order valence-corrected chi connectivity index (χ2v) is 25.4. The van der Waals surface area contributed by atoms with Gasteiger partial charge in [-0.25, -0.2) is 9.59 Å². The third kappa shape index (κ3) is 23.5. The summed E-state index contributed by atoms with van der Waals surface area (Å²) in [6, 6.07) is 8.65. The van der Waals surface area contributed by atoms with Gasteiger partial charge in [-0.2, -0.15) is 0 Å². The third-order valence-electron chi connectivity index (χ3n) is 17.3. The molecule has 0 saturated carbocycles. The maximum Gasteiger partial charge on any atom is 0.410 e. The fourth-order valence-electron chi connectivity index (χ4n) is 11.6. The van der Waals surface area contributed by atoms with Crippen molar-refractivity contribution in [2.24, 2.45) is 35.3 Å². The van der Waals surface area contributed by atoms with Crippen LogP contribution >= 0.6 is 0 Å². The predicted octanol–water partition coefficient (Wildman–Crippen LogP) is 4.73. The highest BCUT2D eigenvalue weighted by atomic mass is 16.6. The van der Waals surface area contributed by atoms with Gasteiger partial charge in [0.05, 0.1) is 48.8 Å². The van der Waals surface area contributed by atoms with Crippen LogP contribution in [0.5, 0.6) is 0 Å². The molecule has 0 bridgehead atoms. The number of aliphatic hydroxyl groups excluding tert-OH is 1. The van der Waals surface area contributed by atoms with E-state index in [1.165, 1.54) is 33.4 Å². The first-order valence-corrected chi connectivity index (χ1v) is 32.5. The number of nitrogens with two attached hydrogens (primary N) is 1. The molecule has 2 aliphatic heterocycles. The first kappa shape index (κ1) is 77.5. The van der Waals surface area contributed by atoms with E-state index in [9.17, 15) is 57.8 Å². The van der Waals surface area contributed by atoms with Crippen molar-refractivity contribution in [3.63, 3.8) is 0 Å². The smallest absolute Gasteiger partial charge is 0.410 e. The van der Waals surface area contributed by atoms with Crippen LogP contribution in [0.25, 0.3) is 0 Å². The summed E-state index contributed by atoms with van der Waals surface area (Å²) in [6.45, 7) is 18.5. The van der Waals surface area contributed by atoms with Crippen molar-refractivity contribution >= 4 is 71.0 Å². The number of carbonyl (C=O) groups is 11. The van der Waals surface area contributed by atoms with Gasteiger partial charge in [0.2, 0.25) is 41.4 Å². The normalized spacial score (nSPS) is 17.5. The molecule has 2 aromatic rings. The molecule has 26 heteroatoms. The molecule has 0 spiro atoms. The number of carbonyl (C=O) groups excluding carboxylic acids is 11. The number of rotatable bonds is 38. The number of aliphatic hydroxyl groups is 1. The molecule has 12 amide bonds. The lowest BCUT2D eigenvalue weighted by Gasteiger charge is -2.37. The molecule has 4 rings (SSSR count). The van der Waals surface area contributed by atoms with Gasteiger partial charge in [0.1, 0.15) is 30.8 Å². The average Bonchev–Trinajstić information content (AvgIpc) is 2.09. The van der Waals surface area contributed by atoms with Crippen molar-refractivity contribution in [2.75, 3.05) is 46.2 Å². The molecule has 26 nitrogen and oxygen atoms in total. The predicted molar refractivity (Wildman–Crippen MR) is 349 cm³/mol. The van der Waals surface area contributed by atoms with E-state index in [0.29, 0.717) is 61.9 Å². The molecule has 0 aromatic heterocycles. The summed E-state index contributed by atoms with van der Waals surface area (Å²) >= 11 is 0. The first-order chi connectivity index (χ1) is 44.0. The summed E-state index contributed by atoms with van der Waals surface area (Å²) < 4.78 is 17.6. The van der Waals surface area contributed by atoms with E-state index in [0.717, 1.165) is 9.80 Å². The second-order valence-electron chi connectivity index (χ2n) is 25.4. The van der Waals surface area contributed by atoms with Crippen LogP contribution in [0, 0.1) is 29.6 Å².